The molecule has 19 heavy (non-hydrogen) atoms. The van der Waals surface area contributed by atoms with Gasteiger partial charge >= 0.3 is 0 Å². The highest BCUT2D eigenvalue weighted by molar-refractivity contribution is 5.95. The van der Waals surface area contributed by atoms with Crippen LogP contribution in [0.15, 0.2) is 30.3 Å². The Morgan fingerprint density at radius 3 is 2.79 bits per heavy atom. The average Bonchev–Trinajstić information content (AvgIpc) is 2.43. The third-order valence-corrected chi connectivity index (χ3v) is 3.98. The number of carbonyl (C=O) groups is 1. The Morgan fingerprint density at radius 1 is 1.37 bits per heavy atom. The van der Waals surface area contributed by atoms with E-state index in [0.29, 0.717) is 12.3 Å². The topological polar surface area (TPSA) is 40.5 Å². The molecule has 1 saturated heterocycles. The molecular weight excluding hydrogens is 238 g/mol. The zero-order valence-corrected chi connectivity index (χ0v) is 11.6. The van der Waals surface area contributed by atoms with Crippen LogP contribution in [0.25, 0.3) is 0 Å². The van der Waals surface area contributed by atoms with Gasteiger partial charge in [-0.2, -0.15) is 0 Å². The van der Waals surface area contributed by atoms with E-state index in [9.17, 15) is 9.90 Å². The van der Waals surface area contributed by atoms with Crippen LogP contribution < -0.4 is 0 Å². The minimum atomic E-state index is -0.210. The van der Waals surface area contributed by atoms with Crippen molar-refractivity contribution in [3.8, 4) is 0 Å². The van der Waals surface area contributed by atoms with Crippen molar-refractivity contribution in [3.63, 3.8) is 0 Å². The smallest absolute Gasteiger partial charge is 0.162 e. The fourth-order valence-corrected chi connectivity index (χ4v) is 2.55. The molecule has 3 heteroatoms. The number of rotatable bonds is 5. The summed E-state index contributed by atoms with van der Waals surface area (Å²) in [4.78, 5) is 14.2. The van der Waals surface area contributed by atoms with E-state index in [4.69, 9.17) is 0 Å². The first-order chi connectivity index (χ1) is 9.16. The summed E-state index contributed by atoms with van der Waals surface area (Å²) in [7, 11) is 0. The zero-order valence-electron chi connectivity index (χ0n) is 11.6. The lowest BCUT2D eigenvalue weighted by Gasteiger charge is -2.34. The van der Waals surface area contributed by atoms with Gasteiger partial charge in [-0.05, 0) is 31.8 Å². The second-order valence-corrected chi connectivity index (χ2v) is 5.53. The molecule has 1 heterocycles. The Morgan fingerprint density at radius 2 is 2.11 bits per heavy atom. The van der Waals surface area contributed by atoms with Crippen LogP contribution in [0.4, 0.5) is 0 Å². The Bertz CT molecular complexity index is 404. The highest BCUT2D eigenvalue weighted by Crippen LogP contribution is 2.17. The molecule has 1 aromatic carbocycles. The predicted octanol–water partition coefficient (Wildman–Crippen LogP) is 2.35. The van der Waals surface area contributed by atoms with E-state index in [0.717, 1.165) is 38.0 Å². The summed E-state index contributed by atoms with van der Waals surface area (Å²) < 4.78 is 0. The summed E-state index contributed by atoms with van der Waals surface area (Å²) in [5.74, 6) is 0.619. The second-order valence-electron chi connectivity index (χ2n) is 5.53. The number of Topliss-reactive ketones (excluding diaryl/α,β-unsaturated/α-hetero) is 1. The van der Waals surface area contributed by atoms with Gasteiger partial charge in [0.2, 0.25) is 0 Å². The van der Waals surface area contributed by atoms with E-state index >= 15 is 0 Å². The molecule has 1 fully saturated rings. The number of hydrogen-bond donors (Lipinski definition) is 1. The van der Waals surface area contributed by atoms with Crippen molar-refractivity contribution in [1.82, 2.24) is 4.90 Å². The van der Waals surface area contributed by atoms with Crippen LogP contribution >= 0.6 is 0 Å². The van der Waals surface area contributed by atoms with Crippen molar-refractivity contribution in [2.24, 2.45) is 5.92 Å². The number of carbonyl (C=O) groups excluding carboxylic acids is 1. The molecule has 0 saturated carbocycles. The predicted molar refractivity (Wildman–Crippen MR) is 76.2 cm³/mol. The molecule has 0 radical (unpaired) electrons. The first-order valence-electron chi connectivity index (χ1n) is 7.15. The number of aliphatic hydroxyl groups excluding tert-OH is 1. The van der Waals surface area contributed by atoms with Crippen LogP contribution in [0, 0.1) is 5.92 Å². The molecular formula is C16H23NO2. The van der Waals surface area contributed by atoms with Crippen molar-refractivity contribution in [2.75, 3.05) is 19.6 Å². The number of ketones is 1. The summed E-state index contributed by atoms with van der Waals surface area (Å²) in [6, 6.07) is 9.46. The van der Waals surface area contributed by atoms with E-state index in [-0.39, 0.29) is 11.9 Å². The summed E-state index contributed by atoms with van der Waals surface area (Å²) >= 11 is 0. The van der Waals surface area contributed by atoms with Gasteiger partial charge in [0.25, 0.3) is 0 Å². The number of nitrogens with zero attached hydrogens (tertiary/aromatic N) is 1. The molecule has 104 valence electrons. The third-order valence-electron chi connectivity index (χ3n) is 3.98. The first kappa shape index (κ1) is 14.2. The number of piperidine rings is 1. The molecule has 1 N–H and O–H groups in total. The van der Waals surface area contributed by atoms with E-state index in [1.807, 2.05) is 30.3 Å². The summed E-state index contributed by atoms with van der Waals surface area (Å²) in [6.45, 7) is 4.79. The fraction of sp³-hybridized carbons (Fsp3) is 0.562. The zero-order chi connectivity index (χ0) is 13.7. The number of likely N-dealkylation sites (tertiary alicyclic amines) is 1. The van der Waals surface area contributed by atoms with Gasteiger partial charge in [0.1, 0.15) is 0 Å². The lowest BCUT2D eigenvalue weighted by molar-refractivity contribution is 0.0287. The molecule has 1 aromatic rings. The van der Waals surface area contributed by atoms with Crippen molar-refractivity contribution in [1.29, 1.82) is 0 Å². The lowest BCUT2D eigenvalue weighted by atomic mass is 9.96. The Hall–Kier alpha value is -1.19. The maximum Gasteiger partial charge on any atom is 0.162 e. The van der Waals surface area contributed by atoms with Gasteiger partial charge in [0.05, 0.1) is 6.10 Å². The van der Waals surface area contributed by atoms with Crippen LogP contribution in [0.2, 0.25) is 0 Å². The van der Waals surface area contributed by atoms with E-state index in [1.54, 1.807) is 0 Å². The largest absolute Gasteiger partial charge is 0.392 e. The lowest BCUT2D eigenvalue weighted by Crippen LogP contribution is -2.43. The molecule has 2 unspecified atom stereocenters. The van der Waals surface area contributed by atoms with Crippen LogP contribution in [0.3, 0.4) is 0 Å². The molecule has 0 amide bonds. The standard InChI is InChI=1S/C16H23NO2/c1-13-9-11-17(12-16(13)19)10-5-8-15(18)14-6-3-2-4-7-14/h2-4,6-7,13,16,19H,5,8-12H2,1H3. The Balaban J connectivity index is 1.71. The van der Waals surface area contributed by atoms with Gasteiger partial charge in [-0.3, -0.25) is 4.79 Å². The van der Waals surface area contributed by atoms with Crippen LogP contribution in [0.5, 0.6) is 0 Å². The molecule has 0 bridgehead atoms. The number of hydrogen-bond acceptors (Lipinski definition) is 3. The molecule has 3 nitrogen and oxygen atoms in total. The minimum Gasteiger partial charge on any atom is -0.392 e. The average molecular weight is 261 g/mol. The molecule has 2 atom stereocenters. The number of benzene rings is 1. The highest BCUT2D eigenvalue weighted by Gasteiger charge is 2.23. The van der Waals surface area contributed by atoms with Gasteiger partial charge in [0.15, 0.2) is 5.78 Å². The third kappa shape index (κ3) is 4.15. The molecule has 2 rings (SSSR count). The molecule has 0 spiro atoms. The van der Waals surface area contributed by atoms with Crippen molar-refractivity contribution in [3.05, 3.63) is 35.9 Å². The van der Waals surface area contributed by atoms with Gasteiger partial charge in [0, 0.05) is 18.5 Å². The van der Waals surface area contributed by atoms with Crippen LogP contribution in [-0.4, -0.2) is 41.5 Å². The summed E-state index contributed by atoms with van der Waals surface area (Å²) in [5, 5.41) is 9.83. The summed E-state index contributed by atoms with van der Waals surface area (Å²) in [5.41, 5.74) is 0.801. The van der Waals surface area contributed by atoms with Crippen molar-refractivity contribution in [2.45, 2.75) is 32.3 Å². The van der Waals surface area contributed by atoms with Crippen molar-refractivity contribution >= 4 is 5.78 Å². The number of β-amino-alcohol motifs (C(OH)–C–C–N with tert-alkyl or cyclic N) is 1. The van der Waals surface area contributed by atoms with Crippen LogP contribution in [-0.2, 0) is 0 Å². The van der Waals surface area contributed by atoms with Gasteiger partial charge in [-0.25, -0.2) is 0 Å². The van der Waals surface area contributed by atoms with Gasteiger partial charge in [-0.15, -0.1) is 0 Å². The molecule has 0 aliphatic carbocycles. The maximum atomic E-state index is 11.9. The van der Waals surface area contributed by atoms with Crippen LogP contribution in [0.1, 0.15) is 36.5 Å². The summed E-state index contributed by atoms with van der Waals surface area (Å²) in [6.07, 6.45) is 2.30. The van der Waals surface area contributed by atoms with Crippen molar-refractivity contribution < 1.29 is 9.90 Å². The molecule has 0 aromatic heterocycles. The maximum absolute atomic E-state index is 11.9. The monoisotopic (exact) mass is 261 g/mol. The van der Waals surface area contributed by atoms with Gasteiger partial charge in [-0.1, -0.05) is 37.3 Å². The van der Waals surface area contributed by atoms with E-state index < -0.39 is 0 Å². The molecule has 1 aliphatic heterocycles. The fourth-order valence-electron chi connectivity index (χ4n) is 2.55. The quantitative estimate of drug-likeness (QED) is 0.827. The Kier molecular flexibility index (Phi) is 5.11. The molecule has 1 aliphatic rings. The van der Waals surface area contributed by atoms with E-state index in [2.05, 4.69) is 11.8 Å². The first-order valence-corrected chi connectivity index (χ1v) is 7.15. The second kappa shape index (κ2) is 6.83. The normalized spacial score (nSPS) is 24.3. The number of aliphatic hydroxyl groups is 1. The minimum absolute atomic E-state index is 0.210. The highest BCUT2D eigenvalue weighted by atomic mass is 16.3. The SMILES string of the molecule is CC1CCN(CCCC(=O)c2ccccc2)CC1O. The van der Waals surface area contributed by atoms with Gasteiger partial charge < -0.3 is 10.0 Å². The Labute approximate surface area is 115 Å². The van der Waals surface area contributed by atoms with E-state index in [1.165, 1.54) is 0 Å².